The Labute approximate surface area is 117 Å². The van der Waals surface area contributed by atoms with Crippen LogP contribution in [0.15, 0.2) is 18.2 Å². The molecule has 20 heavy (non-hydrogen) atoms. The Kier molecular flexibility index (Phi) is 3.48. The third kappa shape index (κ3) is 2.21. The van der Waals surface area contributed by atoms with Gasteiger partial charge in [0.25, 0.3) is 0 Å². The summed E-state index contributed by atoms with van der Waals surface area (Å²) in [7, 11) is 0. The van der Waals surface area contributed by atoms with Gasteiger partial charge in [0.1, 0.15) is 11.4 Å². The van der Waals surface area contributed by atoms with Gasteiger partial charge in [0.2, 0.25) is 5.91 Å². The van der Waals surface area contributed by atoms with Crippen LogP contribution in [0.25, 0.3) is 0 Å². The van der Waals surface area contributed by atoms with Crippen molar-refractivity contribution in [1.29, 1.82) is 0 Å². The lowest BCUT2D eigenvalue weighted by atomic mass is 9.90. The van der Waals surface area contributed by atoms with Crippen LogP contribution in [0, 0.1) is 5.82 Å². The van der Waals surface area contributed by atoms with Gasteiger partial charge in [-0.1, -0.05) is 6.07 Å². The zero-order chi connectivity index (χ0) is 14.2. The standard InChI is InChI=1S/C15H19FN2O2/c16-11-3-4-13-10(8-11)5-6-15(13,14(17)19)18-9-12-2-1-7-20-12/h3-4,8,12,18H,1-2,5-7,9H2,(H2,17,19). The van der Waals surface area contributed by atoms with Crippen LogP contribution in [0.3, 0.4) is 0 Å². The van der Waals surface area contributed by atoms with Crippen LogP contribution >= 0.6 is 0 Å². The van der Waals surface area contributed by atoms with Crippen molar-refractivity contribution in [3.8, 4) is 0 Å². The van der Waals surface area contributed by atoms with Gasteiger partial charge in [0.15, 0.2) is 0 Å². The summed E-state index contributed by atoms with van der Waals surface area (Å²) in [5.74, 6) is -0.677. The number of fused-ring (bicyclic) bond motifs is 1. The van der Waals surface area contributed by atoms with Crippen molar-refractivity contribution >= 4 is 5.91 Å². The van der Waals surface area contributed by atoms with E-state index in [1.165, 1.54) is 12.1 Å². The quantitative estimate of drug-likeness (QED) is 0.870. The molecule has 1 heterocycles. The molecule has 0 spiro atoms. The molecule has 1 aromatic carbocycles. The van der Waals surface area contributed by atoms with Crippen LogP contribution in [-0.4, -0.2) is 25.2 Å². The van der Waals surface area contributed by atoms with E-state index in [2.05, 4.69) is 5.32 Å². The molecule has 3 N–H and O–H groups in total. The number of halogens is 1. The fraction of sp³-hybridized carbons (Fsp3) is 0.533. The molecular formula is C15H19FN2O2. The largest absolute Gasteiger partial charge is 0.377 e. The predicted octanol–water partition coefficient (Wildman–Crippen LogP) is 1.22. The monoisotopic (exact) mass is 278 g/mol. The van der Waals surface area contributed by atoms with Crippen LogP contribution < -0.4 is 11.1 Å². The van der Waals surface area contributed by atoms with Crippen molar-refractivity contribution in [3.05, 3.63) is 35.1 Å². The van der Waals surface area contributed by atoms with Gasteiger partial charge in [-0.15, -0.1) is 0 Å². The van der Waals surface area contributed by atoms with Crippen molar-refractivity contribution in [1.82, 2.24) is 5.32 Å². The number of aryl methyl sites for hydroxylation is 1. The van der Waals surface area contributed by atoms with Crippen LogP contribution in [0.4, 0.5) is 4.39 Å². The number of benzene rings is 1. The molecule has 4 nitrogen and oxygen atoms in total. The SMILES string of the molecule is NC(=O)C1(NCC2CCCO2)CCc2cc(F)ccc21. The van der Waals surface area contributed by atoms with Crippen molar-refractivity contribution in [3.63, 3.8) is 0 Å². The van der Waals surface area contributed by atoms with E-state index in [-0.39, 0.29) is 11.9 Å². The van der Waals surface area contributed by atoms with E-state index in [9.17, 15) is 9.18 Å². The van der Waals surface area contributed by atoms with Gasteiger partial charge < -0.3 is 10.5 Å². The smallest absolute Gasteiger partial charge is 0.242 e. The van der Waals surface area contributed by atoms with Crippen molar-refractivity contribution in [2.45, 2.75) is 37.3 Å². The van der Waals surface area contributed by atoms with Crippen LogP contribution in [0.2, 0.25) is 0 Å². The molecule has 1 amide bonds. The van der Waals surface area contributed by atoms with Gasteiger partial charge in [-0.25, -0.2) is 4.39 Å². The molecule has 108 valence electrons. The highest BCUT2D eigenvalue weighted by Crippen LogP contribution is 2.37. The normalized spacial score (nSPS) is 28.6. The molecule has 2 unspecified atom stereocenters. The average molecular weight is 278 g/mol. The number of rotatable bonds is 4. The van der Waals surface area contributed by atoms with Gasteiger partial charge in [-0.2, -0.15) is 0 Å². The number of ether oxygens (including phenoxy) is 1. The fourth-order valence-corrected chi connectivity index (χ4v) is 3.26. The van der Waals surface area contributed by atoms with Gasteiger partial charge in [0.05, 0.1) is 6.10 Å². The number of hydrogen-bond acceptors (Lipinski definition) is 3. The Hall–Kier alpha value is -1.46. The highest BCUT2D eigenvalue weighted by atomic mass is 19.1. The van der Waals surface area contributed by atoms with Crippen LogP contribution in [0.1, 0.15) is 30.4 Å². The lowest BCUT2D eigenvalue weighted by molar-refractivity contribution is -0.125. The summed E-state index contributed by atoms with van der Waals surface area (Å²) >= 11 is 0. The summed E-state index contributed by atoms with van der Waals surface area (Å²) in [5, 5.41) is 3.29. The number of nitrogens with one attached hydrogen (secondary N) is 1. The minimum Gasteiger partial charge on any atom is -0.377 e. The molecule has 0 aromatic heterocycles. The van der Waals surface area contributed by atoms with E-state index in [1.54, 1.807) is 6.07 Å². The Bertz CT molecular complexity index is 529. The van der Waals surface area contributed by atoms with Crippen LogP contribution in [-0.2, 0) is 21.5 Å². The maximum atomic E-state index is 13.3. The number of carbonyl (C=O) groups excluding carboxylic acids is 1. The molecule has 1 aliphatic heterocycles. The second kappa shape index (κ2) is 5.14. The number of nitrogens with two attached hydrogens (primary N) is 1. The molecule has 1 saturated heterocycles. The first-order valence-corrected chi connectivity index (χ1v) is 7.07. The van der Waals surface area contributed by atoms with E-state index >= 15 is 0 Å². The molecule has 3 rings (SSSR count). The molecule has 1 fully saturated rings. The van der Waals surface area contributed by atoms with Gasteiger partial charge in [-0.3, -0.25) is 10.1 Å². The zero-order valence-electron chi connectivity index (χ0n) is 11.3. The maximum absolute atomic E-state index is 13.3. The summed E-state index contributed by atoms with van der Waals surface area (Å²) in [5.41, 5.74) is 6.43. The summed E-state index contributed by atoms with van der Waals surface area (Å²) < 4.78 is 18.9. The van der Waals surface area contributed by atoms with Gasteiger partial charge in [0, 0.05) is 13.2 Å². The van der Waals surface area contributed by atoms with E-state index in [0.29, 0.717) is 19.4 Å². The topological polar surface area (TPSA) is 64.4 Å². The zero-order valence-corrected chi connectivity index (χ0v) is 11.3. The molecular weight excluding hydrogens is 259 g/mol. The summed E-state index contributed by atoms with van der Waals surface area (Å²) in [4.78, 5) is 12.0. The van der Waals surface area contributed by atoms with Gasteiger partial charge >= 0.3 is 0 Å². The maximum Gasteiger partial charge on any atom is 0.242 e. The van der Waals surface area contributed by atoms with E-state index in [4.69, 9.17) is 10.5 Å². The summed E-state index contributed by atoms with van der Waals surface area (Å²) in [6.07, 6.45) is 3.42. The Morgan fingerprint density at radius 3 is 3.10 bits per heavy atom. The molecule has 0 radical (unpaired) electrons. The predicted molar refractivity (Wildman–Crippen MR) is 72.6 cm³/mol. The number of hydrogen-bond donors (Lipinski definition) is 2. The number of primary amides is 1. The molecule has 0 saturated carbocycles. The molecule has 1 aromatic rings. The molecule has 2 atom stereocenters. The second-order valence-electron chi connectivity index (χ2n) is 5.59. The first-order chi connectivity index (χ1) is 9.62. The third-order valence-electron chi connectivity index (χ3n) is 4.37. The minimum absolute atomic E-state index is 0.135. The van der Waals surface area contributed by atoms with E-state index in [1.807, 2.05) is 0 Å². The number of amides is 1. The highest BCUT2D eigenvalue weighted by Gasteiger charge is 2.44. The first-order valence-electron chi connectivity index (χ1n) is 7.07. The lowest BCUT2D eigenvalue weighted by Gasteiger charge is -2.29. The average Bonchev–Trinajstić information content (AvgIpc) is 3.03. The van der Waals surface area contributed by atoms with Crippen LogP contribution in [0.5, 0.6) is 0 Å². The Balaban J connectivity index is 1.85. The van der Waals surface area contributed by atoms with E-state index in [0.717, 1.165) is 30.6 Å². The molecule has 5 heteroatoms. The lowest BCUT2D eigenvalue weighted by Crippen LogP contribution is -2.53. The Morgan fingerprint density at radius 1 is 1.55 bits per heavy atom. The summed E-state index contributed by atoms with van der Waals surface area (Å²) in [6, 6.07) is 4.55. The Morgan fingerprint density at radius 2 is 2.40 bits per heavy atom. The fourth-order valence-electron chi connectivity index (χ4n) is 3.26. The molecule has 0 bridgehead atoms. The van der Waals surface area contributed by atoms with Gasteiger partial charge in [-0.05, 0) is 48.9 Å². The summed E-state index contributed by atoms with van der Waals surface area (Å²) in [6.45, 7) is 1.37. The van der Waals surface area contributed by atoms with Crippen molar-refractivity contribution in [2.75, 3.05) is 13.2 Å². The second-order valence-corrected chi connectivity index (χ2v) is 5.59. The third-order valence-corrected chi connectivity index (χ3v) is 4.37. The van der Waals surface area contributed by atoms with Crippen molar-refractivity contribution < 1.29 is 13.9 Å². The molecule has 1 aliphatic carbocycles. The highest BCUT2D eigenvalue weighted by molar-refractivity contribution is 5.87. The first kappa shape index (κ1) is 13.5. The van der Waals surface area contributed by atoms with E-state index < -0.39 is 11.4 Å². The molecule has 2 aliphatic rings. The number of carbonyl (C=O) groups is 1. The minimum atomic E-state index is -0.880. The van der Waals surface area contributed by atoms with Crippen molar-refractivity contribution in [2.24, 2.45) is 5.73 Å².